The monoisotopic (exact) mass is 446 g/mol. The normalized spacial score (nSPS) is 16.6. The molecule has 2 N–H and O–H groups in total. The van der Waals surface area contributed by atoms with E-state index in [2.05, 4.69) is 15.6 Å². The molecule has 0 spiro atoms. The second kappa shape index (κ2) is 12.6. The summed E-state index contributed by atoms with van der Waals surface area (Å²) in [4.78, 5) is 10.2. The van der Waals surface area contributed by atoms with Crippen LogP contribution in [-0.2, 0) is 16.0 Å². The molecule has 8 heteroatoms. The van der Waals surface area contributed by atoms with Crippen LogP contribution in [0.3, 0.4) is 0 Å². The molecule has 3 rings (SSSR count). The summed E-state index contributed by atoms with van der Waals surface area (Å²) in [6, 6.07) is 7.92. The molecule has 0 aliphatic carbocycles. The van der Waals surface area contributed by atoms with Crippen LogP contribution >= 0.6 is 11.3 Å². The lowest BCUT2D eigenvalue weighted by atomic mass is 10.2. The van der Waals surface area contributed by atoms with Crippen molar-refractivity contribution < 1.29 is 14.2 Å². The second-order valence-electron chi connectivity index (χ2n) is 7.82. The molecule has 1 aliphatic heterocycles. The molecular formula is C23H34N4O3S. The SMILES string of the molecule is Cc1ncc(CN=C(NCCCOCC2CCCO2)Nc2ccc(OC(C)C)cc2)s1. The Morgan fingerprint density at radius 1 is 1.32 bits per heavy atom. The third-order valence-corrected chi connectivity index (χ3v) is 5.53. The van der Waals surface area contributed by atoms with Gasteiger partial charge in [0.1, 0.15) is 5.75 Å². The van der Waals surface area contributed by atoms with Gasteiger partial charge in [0.05, 0.1) is 30.4 Å². The predicted octanol–water partition coefficient (Wildman–Crippen LogP) is 4.38. The third-order valence-electron chi connectivity index (χ3n) is 4.64. The van der Waals surface area contributed by atoms with Gasteiger partial charge in [0.25, 0.3) is 0 Å². The van der Waals surface area contributed by atoms with Gasteiger partial charge in [-0.25, -0.2) is 9.98 Å². The van der Waals surface area contributed by atoms with E-state index < -0.39 is 0 Å². The van der Waals surface area contributed by atoms with Gasteiger partial charge in [-0.1, -0.05) is 0 Å². The fourth-order valence-corrected chi connectivity index (χ4v) is 3.89. The number of ether oxygens (including phenoxy) is 3. The lowest BCUT2D eigenvalue weighted by Crippen LogP contribution is -2.32. The topological polar surface area (TPSA) is 77.0 Å². The number of nitrogens with zero attached hydrogens (tertiary/aromatic N) is 2. The lowest BCUT2D eigenvalue weighted by molar-refractivity contribution is 0.0168. The molecule has 0 amide bonds. The van der Waals surface area contributed by atoms with Crippen LogP contribution in [-0.4, -0.2) is 49.5 Å². The van der Waals surface area contributed by atoms with Crippen molar-refractivity contribution in [3.63, 3.8) is 0 Å². The summed E-state index contributed by atoms with van der Waals surface area (Å²) >= 11 is 1.67. The molecule has 170 valence electrons. The van der Waals surface area contributed by atoms with E-state index in [1.54, 1.807) is 11.3 Å². The lowest BCUT2D eigenvalue weighted by Gasteiger charge is -2.14. The van der Waals surface area contributed by atoms with E-state index in [1.165, 1.54) is 0 Å². The number of hydrogen-bond donors (Lipinski definition) is 2. The van der Waals surface area contributed by atoms with Gasteiger partial charge in [0, 0.05) is 36.5 Å². The minimum Gasteiger partial charge on any atom is -0.491 e. The number of nitrogens with one attached hydrogen (secondary N) is 2. The Kier molecular flexibility index (Phi) is 9.58. The van der Waals surface area contributed by atoms with Gasteiger partial charge in [0.2, 0.25) is 0 Å². The minimum absolute atomic E-state index is 0.155. The number of aliphatic imine (C=N–C) groups is 1. The Balaban J connectivity index is 1.49. The summed E-state index contributed by atoms with van der Waals surface area (Å²) in [6.07, 6.45) is 5.47. The molecule has 2 heterocycles. The summed E-state index contributed by atoms with van der Waals surface area (Å²) in [7, 11) is 0. The second-order valence-corrected chi connectivity index (χ2v) is 9.14. The van der Waals surface area contributed by atoms with Crippen LogP contribution in [0.15, 0.2) is 35.5 Å². The highest BCUT2D eigenvalue weighted by Crippen LogP contribution is 2.17. The zero-order valence-electron chi connectivity index (χ0n) is 18.7. The summed E-state index contributed by atoms with van der Waals surface area (Å²) in [6.45, 7) is 9.67. The van der Waals surface area contributed by atoms with E-state index in [0.717, 1.165) is 59.7 Å². The first-order chi connectivity index (χ1) is 15.1. The highest BCUT2D eigenvalue weighted by Gasteiger charge is 2.14. The van der Waals surface area contributed by atoms with Crippen LogP contribution in [0.2, 0.25) is 0 Å². The van der Waals surface area contributed by atoms with Crippen molar-refractivity contribution in [3.05, 3.63) is 40.3 Å². The highest BCUT2D eigenvalue weighted by molar-refractivity contribution is 7.11. The molecule has 7 nitrogen and oxygen atoms in total. The smallest absolute Gasteiger partial charge is 0.196 e. The molecule has 0 saturated carbocycles. The van der Waals surface area contributed by atoms with E-state index in [4.69, 9.17) is 19.2 Å². The number of aromatic nitrogens is 1. The first-order valence-electron chi connectivity index (χ1n) is 11.0. The Bertz CT molecular complexity index is 801. The fourth-order valence-electron chi connectivity index (χ4n) is 3.17. The Hall–Kier alpha value is -2.16. The standard InChI is InChI=1S/C23H34N4O3S/c1-17(2)30-20-9-7-19(8-10-20)27-23(26-15-22-14-25-18(3)31-22)24-11-5-12-28-16-21-6-4-13-29-21/h7-10,14,17,21H,4-6,11-13,15-16H2,1-3H3,(H2,24,26,27). The zero-order valence-corrected chi connectivity index (χ0v) is 19.5. The molecule has 1 aromatic carbocycles. The Morgan fingerprint density at radius 3 is 2.84 bits per heavy atom. The molecule has 1 atom stereocenters. The average Bonchev–Trinajstić information content (AvgIpc) is 3.41. The van der Waals surface area contributed by atoms with Crippen molar-refractivity contribution in [1.29, 1.82) is 0 Å². The Labute approximate surface area is 189 Å². The van der Waals surface area contributed by atoms with Gasteiger partial charge < -0.3 is 24.8 Å². The summed E-state index contributed by atoms with van der Waals surface area (Å²) < 4.78 is 17.1. The summed E-state index contributed by atoms with van der Waals surface area (Å²) in [5.74, 6) is 1.60. The first kappa shape index (κ1) is 23.5. The van der Waals surface area contributed by atoms with Crippen LogP contribution < -0.4 is 15.4 Å². The van der Waals surface area contributed by atoms with Crippen molar-refractivity contribution in [2.75, 3.05) is 31.7 Å². The predicted molar refractivity (Wildman–Crippen MR) is 126 cm³/mol. The number of aryl methyl sites for hydroxylation is 1. The Morgan fingerprint density at radius 2 is 2.16 bits per heavy atom. The van der Waals surface area contributed by atoms with Crippen LogP contribution in [0.5, 0.6) is 5.75 Å². The number of rotatable bonds is 11. The molecule has 1 aromatic heterocycles. The molecule has 0 bridgehead atoms. The molecule has 31 heavy (non-hydrogen) atoms. The number of hydrogen-bond acceptors (Lipinski definition) is 6. The van der Waals surface area contributed by atoms with Crippen molar-refractivity contribution in [2.45, 2.75) is 58.8 Å². The number of thiazole rings is 1. The van der Waals surface area contributed by atoms with Gasteiger partial charge in [-0.2, -0.15) is 0 Å². The van der Waals surface area contributed by atoms with E-state index in [9.17, 15) is 0 Å². The third kappa shape index (κ3) is 8.85. The van der Waals surface area contributed by atoms with E-state index in [0.29, 0.717) is 19.8 Å². The maximum Gasteiger partial charge on any atom is 0.196 e. The number of guanidine groups is 1. The molecule has 1 unspecified atom stereocenters. The maximum atomic E-state index is 5.75. The van der Waals surface area contributed by atoms with E-state index in [-0.39, 0.29) is 12.2 Å². The van der Waals surface area contributed by atoms with Crippen molar-refractivity contribution in [2.24, 2.45) is 4.99 Å². The highest BCUT2D eigenvalue weighted by atomic mass is 32.1. The largest absolute Gasteiger partial charge is 0.491 e. The van der Waals surface area contributed by atoms with Crippen LogP contribution in [0.4, 0.5) is 5.69 Å². The van der Waals surface area contributed by atoms with Gasteiger partial charge in [-0.05, 0) is 64.3 Å². The maximum absolute atomic E-state index is 5.75. The summed E-state index contributed by atoms with van der Waals surface area (Å²) in [5.41, 5.74) is 0.956. The van der Waals surface area contributed by atoms with Crippen LogP contribution in [0.25, 0.3) is 0 Å². The van der Waals surface area contributed by atoms with Crippen molar-refractivity contribution >= 4 is 23.0 Å². The molecule has 1 saturated heterocycles. The van der Waals surface area contributed by atoms with Gasteiger partial charge >= 0.3 is 0 Å². The van der Waals surface area contributed by atoms with Crippen molar-refractivity contribution in [1.82, 2.24) is 10.3 Å². The van der Waals surface area contributed by atoms with Crippen molar-refractivity contribution in [3.8, 4) is 5.75 Å². The quantitative estimate of drug-likeness (QED) is 0.303. The molecular weight excluding hydrogens is 412 g/mol. The molecule has 2 aromatic rings. The van der Waals surface area contributed by atoms with Gasteiger partial charge in [-0.3, -0.25) is 0 Å². The minimum atomic E-state index is 0.155. The van der Waals surface area contributed by atoms with Gasteiger partial charge in [0.15, 0.2) is 5.96 Å². The molecule has 1 fully saturated rings. The number of anilines is 1. The zero-order chi connectivity index (χ0) is 21.9. The summed E-state index contributed by atoms with van der Waals surface area (Å²) in [5, 5.41) is 7.83. The molecule has 0 radical (unpaired) electrons. The first-order valence-corrected chi connectivity index (χ1v) is 11.8. The van der Waals surface area contributed by atoms with E-state index >= 15 is 0 Å². The van der Waals surface area contributed by atoms with Crippen LogP contribution in [0.1, 0.15) is 43.0 Å². The number of benzene rings is 1. The fraction of sp³-hybridized carbons (Fsp3) is 0.565. The van der Waals surface area contributed by atoms with Gasteiger partial charge in [-0.15, -0.1) is 11.3 Å². The average molecular weight is 447 g/mol. The van der Waals surface area contributed by atoms with E-state index in [1.807, 2.05) is 51.2 Å². The molecule has 1 aliphatic rings. The van der Waals surface area contributed by atoms with Crippen LogP contribution in [0, 0.1) is 6.92 Å².